The molecule has 0 aliphatic heterocycles. The summed E-state index contributed by atoms with van der Waals surface area (Å²) in [6.07, 6.45) is 5.21. The van der Waals surface area contributed by atoms with E-state index in [1.807, 2.05) is 30.3 Å². The van der Waals surface area contributed by atoms with Gasteiger partial charge in [-0.1, -0.05) is 31.4 Å². The molecule has 0 saturated heterocycles. The fourth-order valence-electron chi connectivity index (χ4n) is 2.42. The molecule has 4 heteroatoms. The third kappa shape index (κ3) is 4.79. The van der Waals surface area contributed by atoms with Crippen molar-refractivity contribution in [2.75, 3.05) is 13.7 Å². The minimum absolute atomic E-state index is 0.598. The second-order valence-electron chi connectivity index (χ2n) is 5.46. The molecule has 1 aromatic carbocycles. The Balaban J connectivity index is 1.87. The number of rotatable bonds is 9. The van der Waals surface area contributed by atoms with Gasteiger partial charge in [-0.25, -0.2) is 0 Å². The molecule has 120 valence electrons. The van der Waals surface area contributed by atoms with Crippen molar-refractivity contribution in [3.63, 3.8) is 0 Å². The van der Waals surface area contributed by atoms with Crippen LogP contribution in [0.2, 0.25) is 5.02 Å². The lowest BCUT2D eigenvalue weighted by Gasteiger charge is -2.04. The summed E-state index contributed by atoms with van der Waals surface area (Å²) in [4.78, 5) is 0. The molecule has 0 radical (unpaired) electrons. The summed E-state index contributed by atoms with van der Waals surface area (Å²) < 4.78 is 11.1. The first-order valence-electron chi connectivity index (χ1n) is 7.99. The molecule has 0 aliphatic carbocycles. The van der Waals surface area contributed by atoms with E-state index in [4.69, 9.17) is 20.8 Å². The van der Waals surface area contributed by atoms with E-state index < -0.39 is 0 Å². The van der Waals surface area contributed by atoms with Crippen LogP contribution in [0.3, 0.4) is 0 Å². The van der Waals surface area contributed by atoms with Crippen molar-refractivity contribution in [1.82, 2.24) is 0 Å². The summed E-state index contributed by atoms with van der Waals surface area (Å²) in [7, 11) is 1.61. The van der Waals surface area contributed by atoms with Gasteiger partial charge in [-0.3, -0.25) is 0 Å². The van der Waals surface area contributed by atoms with Gasteiger partial charge in [0.2, 0.25) is 0 Å². The van der Waals surface area contributed by atoms with Crippen LogP contribution in [0.25, 0.3) is 11.3 Å². The molecule has 0 fully saturated rings. The van der Waals surface area contributed by atoms with Crippen LogP contribution in [0.1, 0.15) is 38.4 Å². The Bertz CT molecular complexity index is 580. The van der Waals surface area contributed by atoms with Crippen molar-refractivity contribution >= 4 is 11.6 Å². The number of furan rings is 1. The van der Waals surface area contributed by atoms with Crippen LogP contribution in [0, 0.1) is 0 Å². The van der Waals surface area contributed by atoms with Crippen molar-refractivity contribution in [3.05, 3.63) is 41.1 Å². The first-order valence-corrected chi connectivity index (χ1v) is 8.36. The summed E-state index contributed by atoms with van der Waals surface area (Å²) in [5.74, 6) is 2.52. The van der Waals surface area contributed by atoms with Gasteiger partial charge in [0.05, 0.1) is 18.7 Å². The number of quaternary nitrogens is 1. The zero-order valence-corrected chi connectivity index (χ0v) is 14.2. The maximum absolute atomic E-state index is 6.16. The molecule has 0 atom stereocenters. The zero-order valence-electron chi connectivity index (χ0n) is 13.4. The highest BCUT2D eigenvalue weighted by Crippen LogP contribution is 2.30. The molecule has 0 bridgehead atoms. The summed E-state index contributed by atoms with van der Waals surface area (Å²) in [5.41, 5.74) is 0.972. The number of methoxy groups -OCH3 is 1. The average Bonchev–Trinajstić information content (AvgIpc) is 2.99. The van der Waals surface area contributed by atoms with Gasteiger partial charge in [0.1, 0.15) is 18.1 Å². The van der Waals surface area contributed by atoms with Crippen LogP contribution in [0.5, 0.6) is 5.75 Å². The average molecular weight is 323 g/mol. The molecule has 0 unspecified atom stereocenters. The highest BCUT2D eigenvalue weighted by molar-refractivity contribution is 6.32. The summed E-state index contributed by atoms with van der Waals surface area (Å²) >= 11 is 6.16. The van der Waals surface area contributed by atoms with Gasteiger partial charge in [-0.15, -0.1) is 0 Å². The summed E-state index contributed by atoms with van der Waals surface area (Å²) in [6.45, 7) is 4.28. The molecule has 0 spiro atoms. The molecular weight excluding hydrogens is 298 g/mol. The fourth-order valence-corrected chi connectivity index (χ4v) is 2.68. The Hall–Kier alpha value is -1.45. The van der Waals surface area contributed by atoms with Crippen LogP contribution >= 0.6 is 11.6 Å². The predicted octanol–water partition coefficient (Wildman–Crippen LogP) is 4.25. The molecule has 2 rings (SSSR count). The van der Waals surface area contributed by atoms with Crippen molar-refractivity contribution in [3.8, 4) is 17.1 Å². The fraction of sp³-hybridized carbons (Fsp3) is 0.444. The maximum atomic E-state index is 6.16. The van der Waals surface area contributed by atoms with Crippen molar-refractivity contribution in [1.29, 1.82) is 0 Å². The summed E-state index contributed by atoms with van der Waals surface area (Å²) in [5, 5.41) is 2.90. The van der Waals surface area contributed by atoms with E-state index in [1.165, 1.54) is 25.7 Å². The topological polar surface area (TPSA) is 39.0 Å². The molecule has 1 aromatic heterocycles. The SMILES string of the molecule is CCCCCC[NH2+]Cc1ccc(-c2ccc(OC)c(Cl)c2)o1. The molecule has 1 heterocycles. The van der Waals surface area contributed by atoms with Gasteiger partial charge in [0, 0.05) is 5.56 Å². The number of nitrogens with two attached hydrogens (primary N) is 1. The minimum atomic E-state index is 0.598. The van der Waals surface area contributed by atoms with Crippen molar-refractivity contribution in [2.24, 2.45) is 0 Å². The molecule has 0 saturated carbocycles. The quantitative estimate of drug-likeness (QED) is 0.701. The van der Waals surface area contributed by atoms with Gasteiger partial charge >= 0.3 is 0 Å². The van der Waals surface area contributed by atoms with Crippen LogP contribution in [-0.2, 0) is 6.54 Å². The largest absolute Gasteiger partial charge is 0.495 e. The Kier molecular flexibility index (Phi) is 6.81. The molecule has 2 aromatic rings. The van der Waals surface area contributed by atoms with E-state index in [1.54, 1.807) is 7.11 Å². The molecule has 22 heavy (non-hydrogen) atoms. The van der Waals surface area contributed by atoms with Crippen molar-refractivity contribution in [2.45, 2.75) is 39.2 Å². The van der Waals surface area contributed by atoms with Gasteiger partial charge < -0.3 is 14.5 Å². The van der Waals surface area contributed by atoms with Crippen LogP contribution < -0.4 is 10.1 Å². The van der Waals surface area contributed by atoms with E-state index in [0.29, 0.717) is 10.8 Å². The number of halogens is 1. The van der Waals surface area contributed by atoms with Crippen LogP contribution in [-0.4, -0.2) is 13.7 Å². The second-order valence-corrected chi connectivity index (χ2v) is 5.86. The number of ether oxygens (including phenoxy) is 1. The van der Waals surface area contributed by atoms with Gasteiger partial charge in [0.25, 0.3) is 0 Å². The van der Waals surface area contributed by atoms with E-state index in [9.17, 15) is 0 Å². The monoisotopic (exact) mass is 322 g/mol. The third-order valence-electron chi connectivity index (χ3n) is 3.71. The molecule has 0 amide bonds. The highest BCUT2D eigenvalue weighted by Gasteiger charge is 2.08. The minimum Gasteiger partial charge on any atom is -0.495 e. The van der Waals surface area contributed by atoms with Gasteiger partial charge in [-0.2, -0.15) is 0 Å². The molecule has 0 aliphatic rings. The Morgan fingerprint density at radius 3 is 2.73 bits per heavy atom. The maximum Gasteiger partial charge on any atom is 0.158 e. The first-order chi connectivity index (χ1) is 10.7. The van der Waals surface area contributed by atoms with Gasteiger partial charge in [0.15, 0.2) is 5.76 Å². The van der Waals surface area contributed by atoms with Crippen LogP contribution in [0.4, 0.5) is 0 Å². The van der Waals surface area contributed by atoms with E-state index in [2.05, 4.69) is 12.2 Å². The zero-order chi connectivity index (χ0) is 15.8. The van der Waals surface area contributed by atoms with Crippen molar-refractivity contribution < 1.29 is 14.5 Å². The van der Waals surface area contributed by atoms with Crippen LogP contribution in [0.15, 0.2) is 34.7 Å². The first kappa shape index (κ1) is 16.9. The van der Waals surface area contributed by atoms with Gasteiger partial charge in [-0.05, 0) is 43.2 Å². The van der Waals surface area contributed by atoms with E-state index >= 15 is 0 Å². The second kappa shape index (κ2) is 8.86. The smallest absolute Gasteiger partial charge is 0.158 e. The standard InChI is InChI=1S/C18H24ClNO2/c1-3-4-5-6-11-20-13-15-8-10-17(22-15)14-7-9-18(21-2)16(19)12-14/h7-10,12,20H,3-6,11,13H2,1-2H3/p+1. The Morgan fingerprint density at radius 2 is 2.00 bits per heavy atom. The Labute approximate surface area is 137 Å². The molecule has 2 N–H and O–H groups in total. The predicted molar refractivity (Wildman–Crippen MR) is 90.3 cm³/mol. The van der Waals surface area contributed by atoms with E-state index in [0.717, 1.165) is 30.2 Å². The third-order valence-corrected chi connectivity index (χ3v) is 4.00. The summed E-state index contributed by atoms with van der Waals surface area (Å²) in [6, 6.07) is 9.73. The highest BCUT2D eigenvalue weighted by atomic mass is 35.5. The lowest BCUT2D eigenvalue weighted by molar-refractivity contribution is -0.672. The number of benzene rings is 1. The molecular formula is C18H25ClNO2+. The normalized spacial score (nSPS) is 10.9. The number of hydrogen-bond donors (Lipinski definition) is 1. The molecule has 3 nitrogen and oxygen atoms in total. The lowest BCUT2D eigenvalue weighted by atomic mass is 10.2. The lowest BCUT2D eigenvalue weighted by Crippen LogP contribution is -2.82. The van der Waals surface area contributed by atoms with E-state index in [-0.39, 0.29) is 0 Å². The number of unbranched alkanes of at least 4 members (excludes halogenated alkanes) is 3. The number of hydrogen-bond acceptors (Lipinski definition) is 2. The Morgan fingerprint density at radius 1 is 1.14 bits per heavy atom.